The molecule has 6 heteroatoms. The lowest BCUT2D eigenvalue weighted by molar-refractivity contribution is -0.163. The van der Waals surface area contributed by atoms with E-state index < -0.39 is 6.04 Å². The van der Waals surface area contributed by atoms with Crippen LogP contribution in [0.3, 0.4) is 0 Å². The molecule has 1 aromatic carbocycles. The lowest BCUT2D eigenvalue weighted by Crippen LogP contribution is -2.52. The van der Waals surface area contributed by atoms with Crippen LogP contribution in [0.25, 0.3) is 0 Å². The molecule has 0 spiro atoms. The van der Waals surface area contributed by atoms with Crippen molar-refractivity contribution in [3.8, 4) is 5.75 Å². The van der Waals surface area contributed by atoms with Crippen LogP contribution < -0.4 is 10.6 Å². The Balaban J connectivity index is 1.82. The van der Waals surface area contributed by atoms with Crippen LogP contribution in [0, 0.1) is 0 Å². The SMILES string of the molecule is CN1C(=O)CCC(N2Cc3c(N)cccc3O2)C1=O. The number of rotatable bonds is 1. The zero-order chi connectivity index (χ0) is 13.6. The lowest BCUT2D eigenvalue weighted by atomic mass is 10.0. The molecule has 6 nitrogen and oxygen atoms in total. The van der Waals surface area contributed by atoms with Crippen LogP contribution >= 0.6 is 0 Å². The van der Waals surface area contributed by atoms with Crippen molar-refractivity contribution in [1.82, 2.24) is 9.96 Å². The maximum atomic E-state index is 12.1. The molecule has 1 unspecified atom stereocenters. The molecule has 1 aromatic rings. The predicted octanol–water partition coefficient (Wildman–Crippen LogP) is 0.526. The molecule has 100 valence electrons. The van der Waals surface area contributed by atoms with E-state index in [0.717, 1.165) is 5.56 Å². The summed E-state index contributed by atoms with van der Waals surface area (Å²) in [7, 11) is 1.51. The molecule has 19 heavy (non-hydrogen) atoms. The zero-order valence-corrected chi connectivity index (χ0v) is 10.6. The van der Waals surface area contributed by atoms with Crippen molar-refractivity contribution >= 4 is 17.5 Å². The molecule has 0 radical (unpaired) electrons. The summed E-state index contributed by atoms with van der Waals surface area (Å²) in [6.45, 7) is 0.473. The minimum absolute atomic E-state index is 0.141. The monoisotopic (exact) mass is 261 g/mol. The zero-order valence-electron chi connectivity index (χ0n) is 10.6. The fourth-order valence-electron chi connectivity index (χ4n) is 2.49. The Morgan fingerprint density at radius 1 is 1.37 bits per heavy atom. The van der Waals surface area contributed by atoms with Crippen LogP contribution in [-0.2, 0) is 16.1 Å². The Bertz CT molecular complexity index is 558. The Hall–Kier alpha value is -2.08. The van der Waals surface area contributed by atoms with Gasteiger partial charge in [0.1, 0.15) is 6.04 Å². The minimum Gasteiger partial charge on any atom is -0.404 e. The number of imide groups is 1. The maximum Gasteiger partial charge on any atom is 0.249 e. The van der Waals surface area contributed by atoms with Gasteiger partial charge in [-0.15, -0.1) is 5.06 Å². The molecule has 0 aromatic heterocycles. The molecule has 1 saturated heterocycles. The number of carbonyl (C=O) groups is 2. The van der Waals surface area contributed by atoms with Crippen LogP contribution in [0.2, 0.25) is 0 Å². The minimum atomic E-state index is -0.422. The number of piperidine rings is 1. The van der Waals surface area contributed by atoms with Crippen molar-refractivity contribution in [2.24, 2.45) is 0 Å². The first-order chi connectivity index (χ1) is 9.08. The summed E-state index contributed by atoms with van der Waals surface area (Å²) in [5.41, 5.74) is 7.45. The highest BCUT2D eigenvalue weighted by Gasteiger charge is 2.39. The van der Waals surface area contributed by atoms with Gasteiger partial charge in [0.15, 0.2) is 5.75 Å². The van der Waals surface area contributed by atoms with Crippen LogP contribution in [0.15, 0.2) is 18.2 Å². The third-order valence-corrected chi connectivity index (χ3v) is 3.67. The summed E-state index contributed by atoms with van der Waals surface area (Å²) in [5.74, 6) is 0.326. The molecule has 2 N–H and O–H groups in total. The third kappa shape index (κ3) is 1.84. The highest BCUT2D eigenvalue weighted by atomic mass is 16.7. The van der Waals surface area contributed by atoms with Gasteiger partial charge in [0.25, 0.3) is 0 Å². The van der Waals surface area contributed by atoms with E-state index >= 15 is 0 Å². The van der Waals surface area contributed by atoms with Gasteiger partial charge in [-0.1, -0.05) is 6.07 Å². The number of likely N-dealkylation sites (N-methyl/N-ethyl adjacent to an activating group) is 1. The topological polar surface area (TPSA) is 75.9 Å². The van der Waals surface area contributed by atoms with Crippen molar-refractivity contribution < 1.29 is 14.4 Å². The van der Waals surface area contributed by atoms with E-state index in [9.17, 15) is 9.59 Å². The first kappa shape index (κ1) is 12.0. The summed E-state index contributed by atoms with van der Waals surface area (Å²) in [4.78, 5) is 30.4. The summed E-state index contributed by atoms with van der Waals surface area (Å²) in [6.07, 6.45) is 0.842. The highest BCUT2D eigenvalue weighted by molar-refractivity contribution is 6.00. The van der Waals surface area contributed by atoms with Crippen molar-refractivity contribution in [1.29, 1.82) is 0 Å². The van der Waals surface area contributed by atoms with Crippen LogP contribution in [0.4, 0.5) is 5.69 Å². The highest BCUT2D eigenvalue weighted by Crippen LogP contribution is 2.34. The molecule has 2 aliphatic heterocycles. The summed E-state index contributed by atoms with van der Waals surface area (Å²) in [5, 5.41) is 1.62. The van der Waals surface area contributed by atoms with E-state index in [4.69, 9.17) is 10.6 Å². The van der Waals surface area contributed by atoms with Crippen molar-refractivity contribution in [3.05, 3.63) is 23.8 Å². The summed E-state index contributed by atoms with van der Waals surface area (Å²) in [6, 6.07) is 5.03. The maximum absolute atomic E-state index is 12.1. The molecular weight excluding hydrogens is 246 g/mol. The standard InChI is InChI=1S/C13H15N3O3/c1-15-12(17)6-5-10(13(15)18)16-7-8-9(14)3-2-4-11(8)19-16/h2-4,10H,5-7,14H2,1H3. The molecule has 1 fully saturated rings. The van der Waals surface area contributed by atoms with E-state index in [1.165, 1.54) is 11.9 Å². The van der Waals surface area contributed by atoms with E-state index in [2.05, 4.69) is 0 Å². The average Bonchev–Trinajstić information content (AvgIpc) is 2.81. The Kier molecular flexibility index (Phi) is 2.67. The number of likely N-dealkylation sites (tertiary alicyclic amines) is 1. The molecule has 3 rings (SSSR count). The van der Waals surface area contributed by atoms with Crippen molar-refractivity contribution in [2.45, 2.75) is 25.4 Å². The predicted molar refractivity (Wildman–Crippen MR) is 67.8 cm³/mol. The van der Waals surface area contributed by atoms with Crippen molar-refractivity contribution in [2.75, 3.05) is 12.8 Å². The van der Waals surface area contributed by atoms with E-state index in [-0.39, 0.29) is 11.8 Å². The normalized spacial score (nSPS) is 23.4. The van der Waals surface area contributed by atoms with Crippen LogP contribution in [0.5, 0.6) is 5.75 Å². The van der Waals surface area contributed by atoms with Gasteiger partial charge in [-0.2, -0.15) is 0 Å². The first-order valence-corrected chi connectivity index (χ1v) is 6.20. The summed E-state index contributed by atoms with van der Waals surface area (Å²) >= 11 is 0. The fraction of sp³-hybridized carbons (Fsp3) is 0.385. The number of hydroxylamine groups is 2. The second-order valence-corrected chi connectivity index (χ2v) is 4.84. The van der Waals surface area contributed by atoms with E-state index in [0.29, 0.717) is 30.8 Å². The quantitative estimate of drug-likeness (QED) is 0.589. The second-order valence-electron chi connectivity index (χ2n) is 4.84. The van der Waals surface area contributed by atoms with Gasteiger partial charge in [0.2, 0.25) is 11.8 Å². The third-order valence-electron chi connectivity index (χ3n) is 3.67. The Morgan fingerprint density at radius 2 is 2.16 bits per heavy atom. The molecule has 1 atom stereocenters. The van der Waals surface area contributed by atoms with Gasteiger partial charge in [-0.25, -0.2) is 0 Å². The number of carbonyl (C=O) groups excluding carboxylic acids is 2. The molecule has 0 bridgehead atoms. The van der Waals surface area contributed by atoms with Crippen LogP contribution in [-0.4, -0.2) is 34.9 Å². The lowest BCUT2D eigenvalue weighted by Gasteiger charge is -2.32. The summed E-state index contributed by atoms with van der Waals surface area (Å²) < 4.78 is 0. The van der Waals surface area contributed by atoms with Gasteiger partial charge in [-0.3, -0.25) is 14.5 Å². The Labute approximate surface area is 110 Å². The Morgan fingerprint density at radius 3 is 2.89 bits per heavy atom. The average molecular weight is 261 g/mol. The smallest absolute Gasteiger partial charge is 0.249 e. The van der Waals surface area contributed by atoms with Gasteiger partial charge in [-0.05, 0) is 18.6 Å². The number of nitrogens with two attached hydrogens (primary N) is 1. The number of nitrogens with zero attached hydrogens (tertiary/aromatic N) is 2. The number of hydrogen-bond donors (Lipinski definition) is 1. The number of hydrogen-bond acceptors (Lipinski definition) is 5. The second kappa shape index (κ2) is 4.24. The number of nitrogen functional groups attached to an aromatic ring is 1. The van der Waals surface area contributed by atoms with Gasteiger partial charge in [0, 0.05) is 24.7 Å². The molecule has 0 saturated carbocycles. The molecule has 2 heterocycles. The molecule has 2 amide bonds. The van der Waals surface area contributed by atoms with Crippen molar-refractivity contribution in [3.63, 3.8) is 0 Å². The first-order valence-electron chi connectivity index (χ1n) is 6.20. The van der Waals surface area contributed by atoms with E-state index in [1.54, 1.807) is 5.06 Å². The van der Waals surface area contributed by atoms with Gasteiger partial charge >= 0.3 is 0 Å². The molecular formula is C13H15N3O3. The van der Waals surface area contributed by atoms with Gasteiger partial charge in [0.05, 0.1) is 6.54 Å². The number of fused-ring (bicyclic) bond motifs is 1. The molecule has 2 aliphatic rings. The van der Waals surface area contributed by atoms with Crippen LogP contribution in [0.1, 0.15) is 18.4 Å². The largest absolute Gasteiger partial charge is 0.404 e. The van der Waals surface area contributed by atoms with E-state index in [1.807, 2.05) is 18.2 Å². The molecule has 0 aliphatic carbocycles. The van der Waals surface area contributed by atoms with Gasteiger partial charge < -0.3 is 10.6 Å². The number of benzene rings is 1. The fourth-order valence-corrected chi connectivity index (χ4v) is 2.49. The number of amides is 2. The number of anilines is 1.